The van der Waals surface area contributed by atoms with E-state index in [1.807, 2.05) is 67.6 Å². The van der Waals surface area contributed by atoms with Crippen LogP contribution in [-0.2, 0) is 0 Å². The van der Waals surface area contributed by atoms with E-state index < -0.39 is 6.04 Å². The lowest BCUT2D eigenvalue weighted by Crippen LogP contribution is -1.92. The molecule has 0 fully saturated rings. The molecule has 0 amide bonds. The van der Waals surface area contributed by atoms with E-state index in [1.165, 1.54) is 0 Å². The van der Waals surface area contributed by atoms with Crippen molar-refractivity contribution in [1.82, 2.24) is 9.97 Å². The van der Waals surface area contributed by atoms with E-state index in [0.717, 1.165) is 71.4 Å². The second-order valence-electron chi connectivity index (χ2n) is 10.3. The summed E-state index contributed by atoms with van der Waals surface area (Å²) in [5.41, 5.74) is 7.45. The van der Waals surface area contributed by atoms with Crippen LogP contribution in [0.3, 0.4) is 0 Å². The van der Waals surface area contributed by atoms with Gasteiger partial charge >= 0.3 is 0 Å². The first-order chi connectivity index (χ1) is 22.3. The van der Waals surface area contributed by atoms with E-state index in [-0.39, 0.29) is 29.7 Å². The second-order valence-corrected chi connectivity index (χ2v) is 10.3. The van der Waals surface area contributed by atoms with Crippen LogP contribution in [0.4, 0.5) is 0 Å². The summed E-state index contributed by atoms with van der Waals surface area (Å²) < 4.78 is 42.4. The van der Waals surface area contributed by atoms with Crippen molar-refractivity contribution in [3.05, 3.63) is 145 Å². The minimum atomic E-state index is -0.399. The van der Waals surface area contributed by atoms with E-state index in [9.17, 15) is 0 Å². The van der Waals surface area contributed by atoms with Crippen molar-refractivity contribution in [1.29, 1.82) is 0 Å². The summed E-state index contributed by atoms with van der Waals surface area (Å²) in [7, 11) is 0. The van der Waals surface area contributed by atoms with E-state index in [0.29, 0.717) is 5.56 Å². The summed E-state index contributed by atoms with van der Waals surface area (Å²) in [5.74, 6) is 0. The Morgan fingerprint density at radius 3 is 1.56 bits per heavy atom. The molecule has 0 aliphatic heterocycles. The van der Waals surface area contributed by atoms with Gasteiger partial charge in [-0.3, -0.25) is 4.98 Å². The molecule has 8 rings (SSSR count). The summed E-state index contributed by atoms with van der Waals surface area (Å²) in [5, 5.41) is 5.63. The zero-order valence-electron chi connectivity index (χ0n) is 27.3. The maximum Gasteiger partial charge on any atom is 0.0972 e. The molecule has 2 heteroatoms. The van der Waals surface area contributed by atoms with Gasteiger partial charge in [-0.15, -0.1) is 0 Å². The van der Waals surface area contributed by atoms with E-state index in [4.69, 9.17) is 16.8 Å². The van der Waals surface area contributed by atoms with E-state index >= 15 is 0 Å². The lowest BCUT2D eigenvalue weighted by molar-refractivity contribution is 1.25. The van der Waals surface area contributed by atoms with Crippen LogP contribution in [-0.4, -0.2) is 9.97 Å². The molecular weight excluding hydrogens is 496 g/mol. The summed E-state index contributed by atoms with van der Waals surface area (Å²) in [6, 6.07) is 35.1. The highest BCUT2D eigenvalue weighted by Crippen LogP contribution is 2.43. The summed E-state index contributed by atoms with van der Waals surface area (Å²) in [6.45, 7) is 1.99. The molecule has 0 N–H and O–H groups in total. The molecule has 2 nitrogen and oxygen atoms in total. The first-order valence-corrected chi connectivity index (χ1v) is 13.6. The van der Waals surface area contributed by atoms with Crippen molar-refractivity contribution in [2.75, 3.05) is 0 Å². The fraction of sp³-hybridized carbons (Fsp3) is 0.0256. The van der Waals surface area contributed by atoms with Gasteiger partial charge in [0.1, 0.15) is 0 Å². The van der Waals surface area contributed by atoms with Crippen molar-refractivity contribution >= 4 is 43.4 Å². The van der Waals surface area contributed by atoms with Crippen molar-refractivity contribution in [2.45, 2.75) is 6.92 Å². The fourth-order valence-electron chi connectivity index (χ4n) is 5.92. The number of nitrogens with zero attached hydrogens (tertiary/aromatic N) is 2. The Morgan fingerprint density at radius 1 is 0.463 bits per heavy atom. The molecular formula is C39H26N2. The number of benzene rings is 6. The van der Waals surface area contributed by atoms with Gasteiger partial charge in [0.05, 0.1) is 23.6 Å². The molecule has 0 radical (unpaired) electrons. The van der Waals surface area contributed by atoms with Gasteiger partial charge in [-0.05, 0) is 62.9 Å². The molecule has 192 valence electrons. The Morgan fingerprint density at radius 2 is 0.951 bits per heavy atom. The van der Waals surface area contributed by atoms with Crippen LogP contribution >= 0.6 is 0 Å². The van der Waals surface area contributed by atoms with Crippen LogP contribution in [0.25, 0.3) is 76.9 Å². The molecule has 0 aliphatic rings. The SMILES string of the molecule is [2H]c1c([2H])c([2H])c(-c2c3ccccc3c(-c3ccc(-c4ccc5ccc6ccc(C)nc6c5n4)cc3)c3ccccc23)c([2H])c1[2H]. The molecule has 8 aromatic rings. The van der Waals surface area contributed by atoms with Crippen molar-refractivity contribution < 1.29 is 6.85 Å². The lowest BCUT2D eigenvalue weighted by atomic mass is 9.86. The van der Waals surface area contributed by atoms with Crippen LogP contribution in [0.1, 0.15) is 12.5 Å². The Bertz CT molecular complexity index is 2460. The van der Waals surface area contributed by atoms with Crippen LogP contribution in [0.15, 0.2) is 139 Å². The highest BCUT2D eigenvalue weighted by atomic mass is 14.8. The molecule has 2 aromatic heterocycles. The van der Waals surface area contributed by atoms with Gasteiger partial charge in [-0.1, -0.05) is 127 Å². The molecule has 0 unspecified atom stereocenters. The molecule has 0 atom stereocenters. The lowest BCUT2D eigenvalue weighted by Gasteiger charge is -2.18. The van der Waals surface area contributed by atoms with Gasteiger partial charge in [-0.25, -0.2) is 4.98 Å². The quantitative estimate of drug-likeness (QED) is 0.169. The minimum absolute atomic E-state index is 0.208. The van der Waals surface area contributed by atoms with E-state index in [2.05, 4.69) is 48.5 Å². The fourth-order valence-corrected chi connectivity index (χ4v) is 5.92. The van der Waals surface area contributed by atoms with Crippen molar-refractivity contribution in [2.24, 2.45) is 0 Å². The van der Waals surface area contributed by atoms with Crippen molar-refractivity contribution in [3.8, 4) is 33.5 Å². The predicted molar refractivity (Wildman–Crippen MR) is 173 cm³/mol. The van der Waals surface area contributed by atoms with Gasteiger partial charge < -0.3 is 0 Å². The van der Waals surface area contributed by atoms with Gasteiger partial charge in [0, 0.05) is 22.0 Å². The molecule has 0 bridgehead atoms. The number of rotatable bonds is 3. The van der Waals surface area contributed by atoms with Gasteiger partial charge in [0.15, 0.2) is 0 Å². The summed E-state index contributed by atoms with van der Waals surface area (Å²) in [4.78, 5) is 9.84. The normalized spacial score (nSPS) is 13.2. The van der Waals surface area contributed by atoms with Crippen LogP contribution in [0.5, 0.6) is 0 Å². The summed E-state index contributed by atoms with van der Waals surface area (Å²) >= 11 is 0. The van der Waals surface area contributed by atoms with Crippen LogP contribution in [0.2, 0.25) is 0 Å². The zero-order chi connectivity index (χ0) is 31.7. The average Bonchev–Trinajstić information content (AvgIpc) is 3.09. The highest BCUT2D eigenvalue weighted by Gasteiger charge is 2.16. The molecule has 0 saturated heterocycles. The van der Waals surface area contributed by atoms with Gasteiger partial charge in [0.25, 0.3) is 0 Å². The standard InChI is InChI=1S/C39H26N2/c1-25-15-16-29-21-22-30-23-24-35(41-39(30)38(29)40-25)26-17-19-28(20-18-26)37-33-13-7-5-11-31(33)36(27-9-3-2-4-10-27)32-12-6-8-14-34(32)37/h2-24H,1H3/i2D,3D,4D,9D,10D. The number of aryl methyl sites for hydroxylation is 1. The Labute approximate surface area is 245 Å². The monoisotopic (exact) mass is 527 g/mol. The Balaban J connectivity index is 1.33. The molecule has 0 spiro atoms. The molecule has 0 saturated carbocycles. The molecule has 41 heavy (non-hydrogen) atoms. The Hall–Kier alpha value is -5.34. The number of aromatic nitrogens is 2. The third kappa shape index (κ3) is 3.88. The zero-order valence-corrected chi connectivity index (χ0v) is 22.3. The largest absolute Gasteiger partial charge is 0.251 e. The predicted octanol–water partition coefficient (Wildman–Crippen LogP) is 10.4. The number of hydrogen-bond acceptors (Lipinski definition) is 2. The Kier molecular flexibility index (Phi) is 4.32. The number of fused-ring (bicyclic) bond motifs is 5. The number of pyridine rings is 2. The van der Waals surface area contributed by atoms with E-state index in [1.54, 1.807) is 0 Å². The molecule has 6 aromatic carbocycles. The van der Waals surface area contributed by atoms with Gasteiger partial charge in [-0.2, -0.15) is 0 Å². The average molecular weight is 528 g/mol. The topological polar surface area (TPSA) is 25.8 Å². The molecule has 2 heterocycles. The van der Waals surface area contributed by atoms with Crippen molar-refractivity contribution in [3.63, 3.8) is 0 Å². The van der Waals surface area contributed by atoms with Gasteiger partial charge in [0.2, 0.25) is 0 Å². The third-order valence-electron chi connectivity index (χ3n) is 7.81. The third-order valence-corrected chi connectivity index (χ3v) is 7.81. The smallest absolute Gasteiger partial charge is 0.0972 e. The van der Waals surface area contributed by atoms with Crippen LogP contribution in [0, 0.1) is 6.92 Å². The highest BCUT2D eigenvalue weighted by molar-refractivity contribution is 6.21. The first-order valence-electron chi connectivity index (χ1n) is 16.1. The first kappa shape index (κ1) is 18.9. The minimum Gasteiger partial charge on any atom is -0.251 e. The number of hydrogen-bond donors (Lipinski definition) is 0. The second kappa shape index (κ2) is 9.39. The maximum absolute atomic E-state index is 8.77. The summed E-state index contributed by atoms with van der Waals surface area (Å²) in [6.07, 6.45) is 0. The molecule has 0 aliphatic carbocycles. The maximum atomic E-state index is 8.77. The van der Waals surface area contributed by atoms with Crippen LogP contribution < -0.4 is 0 Å².